The second-order valence-electron chi connectivity index (χ2n) is 6.24. The van der Waals surface area contributed by atoms with Crippen LogP contribution in [0.1, 0.15) is 57.8 Å². The summed E-state index contributed by atoms with van der Waals surface area (Å²) >= 11 is 0. The van der Waals surface area contributed by atoms with Crippen LogP contribution in [0.15, 0.2) is 0 Å². The largest absolute Gasteiger partial charge is 0.391 e. The van der Waals surface area contributed by atoms with E-state index in [1.165, 1.54) is 6.42 Å². The minimum atomic E-state index is -4.16. The maximum absolute atomic E-state index is 12.7. The van der Waals surface area contributed by atoms with E-state index in [2.05, 4.69) is 5.32 Å². The molecule has 0 saturated heterocycles. The summed E-state index contributed by atoms with van der Waals surface area (Å²) in [5.41, 5.74) is 4.56. The average molecular weight is 292 g/mol. The number of hydrogen-bond acceptors (Lipinski definition) is 2. The molecule has 3 nitrogen and oxygen atoms in total. The number of carbonyl (C=O) groups excluding carboxylic acids is 1. The van der Waals surface area contributed by atoms with Crippen molar-refractivity contribution in [3.8, 4) is 0 Å². The summed E-state index contributed by atoms with van der Waals surface area (Å²) in [6, 6.07) is 0.221. The SMILES string of the molecule is NC(=O)C1(NC2CCCCC2)CCC(C(F)(F)F)CC1. The zero-order valence-electron chi connectivity index (χ0n) is 11.6. The van der Waals surface area contributed by atoms with Gasteiger partial charge >= 0.3 is 6.18 Å². The lowest BCUT2D eigenvalue weighted by Gasteiger charge is -2.42. The van der Waals surface area contributed by atoms with Crippen LogP contribution in [0, 0.1) is 5.92 Å². The first-order chi connectivity index (χ1) is 9.33. The Morgan fingerprint density at radius 1 is 1.05 bits per heavy atom. The van der Waals surface area contributed by atoms with E-state index >= 15 is 0 Å². The highest BCUT2D eigenvalue weighted by Crippen LogP contribution is 2.41. The highest BCUT2D eigenvalue weighted by molar-refractivity contribution is 5.84. The molecule has 0 spiro atoms. The number of primary amides is 1. The predicted octanol–water partition coefficient (Wildman–Crippen LogP) is 2.89. The minimum absolute atomic E-state index is 0.00778. The van der Waals surface area contributed by atoms with E-state index in [0.717, 1.165) is 25.7 Å². The number of amides is 1. The number of hydrogen-bond donors (Lipinski definition) is 2. The third-order valence-corrected chi connectivity index (χ3v) is 4.86. The van der Waals surface area contributed by atoms with Gasteiger partial charge in [-0.05, 0) is 38.5 Å². The number of rotatable bonds is 3. The van der Waals surface area contributed by atoms with Gasteiger partial charge in [0.05, 0.1) is 11.5 Å². The molecule has 0 unspecified atom stereocenters. The Hall–Kier alpha value is -0.780. The second kappa shape index (κ2) is 5.92. The van der Waals surface area contributed by atoms with E-state index in [-0.39, 0.29) is 31.7 Å². The van der Waals surface area contributed by atoms with Gasteiger partial charge < -0.3 is 11.1 Å². The van der Waals surface area contributed by atoms with Gasteiger partial charge in [-0.2, -0.15) is 13.2 Å². The van der Waals surface area contributed by atoms with Crippen LogP contribution >= 0.6 is 0 Å². The third-order valence-electron chi connectivity index (χ3n) is 4.86. The molecule has 2 saturated carbocycles. The maximum Gasteiger partial charge on any atom is 0.391 e. The lowest BCUT2D eigenvalue weighted by molar-refractivity contribution is -0.186. The summed E-state index contributed by atoms with van der Waals surface area (Å²) in [5.74, 6) is -1.79. The van der Waals surface area contributed by atoms with Crippen LogP contribution in [0.2, 0.25) is 0 Å². The van der Waals surface area contributed by atoms with E-state index in [9.17, 15) is 18.0 Å². The summed E-state index contributed by atoms with van der Waals surface area (Å²) in [4.78, 5) is 11.8. The van der Waals surface area contributed by atoms with Crippen molar-refractivity contribution in [2.24, 2.45) is 11.7 Å². The van der Waals surface area contributed by atoms with Gasteiger partial charge in [-0.15, -0.1) is 0 Å². The predicted molar refractivity (Wildman–Crippen MR) is 69.9 cm³/mol. The number of carbonyl (C=O) groups is 1. The van der Waals surface area contributed by atoms with Gasteiger partial charge in [0.2, 0.25) is 5.91 Å². The molecule has 0 radical (unpaired) electrons. The molecule has 2 aliphatic carbocycles. The normalized spacial score (nSPS) is 33.0. The van der Waals surface area contributed by atoms with Crippen molar-refractivity contribution in [3.05, 3.63) is 0 Å². The molecule has 0 aliphatic heterocycles. The van der Waals surface area contributed by atoms with Gasteiger partial charge in [-0.25, -0.2) is 0 Å². The number of halogens is 3. The molecule has 0 aromatic rings. The molecule has 2 fully saturated rings. The van der Waals surface area contributed by atoms with Crippen LogP contribution in [0.3, 0.4) is 0 Å². The van der Waals surface area contributed by atoms with Gasteiger partial charge in [0.1, 0.15) is 0 Å². The van der Waals surface area contributed by atoms with Crippen LogP contribution in [-0.4, -0.2) is 23.7 Å². The molecule has 0 bridgehead atoms. The molecule has 0 atom stereocenters. The first kappa shape index (κ1) is 15.6. The summed E-state index contributed by atoms with van der Waals surface area (Å²) in [6.07, 6.45) is 1.60. The average Bonchev–Trinajstić information content (AvgIpc) is 2.39. The van der Waals surface area contributed by atoms with Crippen LogP contribution in [0.4, 0.5) is 13.2 Å². The highest BCUT2D eigenvalue weighted by Gasteiger charge is 2.48. The third kappa shape index (κ3) is 3.45. The topological polar surface area (TPSA) is 55.1 Å². The first-order valence-corrected chi connectivity index (χ1v) is 7.48. The second-order valence-corrected chi connectivity index (χ2v) is 6.24. The van der Waals surface area contributed by atoms with Crippen molar-refractivity contribution in [2.45, 2.75) is 75.5 Å². The Bertz CT molecular complexity index is 343. The minimum Gasteiger partial charge on any atom is -0.368 e. The molecule has 2 aliphatic rings. The van der Waals surface area contributed by atoms with Crippen molar-refractivity contribution in [1.29, 1.82) is 0 Å². The Labute approximate surface area is 117 Å². The van der Waals surface area contributed by atoms with Gasteiger partial charge in [-0.3, -0.25) is 4.79 Å². The highest BCUT2D eigenvalue weighted by atomic mass is 19.4. The Kier molecular flexibility index (Phi) is 4.62. The number of nitrogens with one attached hydrogen (secondary N) is 1. The lowest BCUT2D eigenvalue weighted by atomic mass is 9.74. The fourth-order valence-electron chi connectivity index (χ4n) is 3.54. The quantitative estimate of drug-likeness (QED) is 0.840. The summed E-state index contributed by atoms with van der Waals surface area (Å²) in [7, 11) is 0. The molecular weight excluding hydrogens is 269 g/mol. The van der Waals surface area contributed by atoms with Gasteiger partial charge in [0.25, 0.3) is 0 Å². The first-order valence-electron chi connectivity index (χ1n) is 7.48. The van der Waals surface area contributed by atoms with Crippen molar-refractivity contribution in [2.75, 3.05) is 0 Å². The fraction of sp³-hybridized carbons (Fsp3) is 0.929. The van der Waals surface area contributed by atoms with Crippen LogP contribution in [0.25, 0.3) is 0 Å². The summed E-state index contributed by atoms with van der Waals surface area (Å²) in [6.45, 7) is 0. The molecule has 1 amide bonds. The summed E-state index contributed by atoms with van der Waals surface area (Å²) in [5, 5.41) is 3.30. The van der Waals surface area contributed by atoms with E-state index in [1.807, 2.05) is 0 Å². The van der Waals surface area contributed by atoms with Crippen molar-refractivity contribution >= 4 is 5.91 Å². The van der Waals surface area contributed by atoms with Gasteiger partial charge in [-0.1, -0.05) is 19.3 Å². The summed E-state index contributed by atoms with van der Waals surface area (Å²) < 4.78 is 38.1. The van der Waals surface area contributed by atoms with Crippen LogP contribution in [0.5, 0.6) is 0 Å². The lowest BCUT2D eigenvalue weighted by Crippen LogP contribution is -2.61. The molecule has 0 aromatic heterocycles. The monoisotopic (exact) mass is 292 g/mol. The van der Waals surface area contributed by atoms with E-state index in [0.29, 0.717) is 0 Å². The Balaban J connectivity index is 1.99. The molecule has 6 heteroatoms. The van der Waals surface area contributed by atoms with Crippen molar-refractivity contribution in [1.82, 2.24) is 5.32 Å². The van der Waals surface area contributed by atoms with E-state index in [1.54, 1.807) is 0 Å². The molecule has 20 heavy (non-hydrogen) atoms. The van der Waals surface area contributed by atoms with E-state index in [4.69, 9.17) is 5.73 Å². The molecule has 3 N–H and O–H groups in total. The zero-order chi connectivity index (χ0) is 14.8. The van der Waals surface area contributed by atoms with Crippen LogP contribution < -0.4 is 11.1 Å². The number of nitrogens with two attached hydrogens (primary N) is 1. The number of alkyl halides is 3. The van der Waals surface area contributed by atoms with Crippen molar-refractivity contribution in [3.63, 3.8) is 0 Å². The van der Waals surface area contributed by atoms with Gasteiger partial charge in [0, 0.05) is 6.04 Å². The fourth-order valence-corrected chi connectivity index (χ4v) is 3.54. The standard InChI is InChI=1S/C14H23F3N2O/c15-14(16,17)10-6-8-13(9-7-10,12(18)20)19-11-4-2-1-3-5-11/h10-11,19H,1-9H2,(H2,18,20). The van der Waals surface area contributed by atoms with Gasteiger partial charge in [0.15, 0.2) is 0 Å². The Morgan fingerprint density at radius 3 is 2.05 bits per heavy atom. The Morgan fingerprint density at radius 2 is 1.60 bits per heavy atom. The van der Waals surface area contributed by atoms with E-state index < -0.39 is 23.5 Å². The smallest absolute Gasteiger partial charge is 0.368 e. The maximum atomic E-state index is 12.7. The molecule has 2 rings (SSSR count). The van der Waals surface area contributed by atoms with Crippen molar-refractivity contribution < 1.29 is 18.0 Å². The molecule has 0 aromatic carbocycles. The molecule has 0 heterocycles. The zero-order valence-corrected chi connectivity index (χ0v) is 11.6. The van der Waals surface area contributed by atoms with Crippen LogP contribution in [-0.2, 0) is 4.79 Å². The molecule has 116 valence electrons. The molecular formula is C14H23F3N2O.